The molecule has 4 heterocycles. The third kappa shape index (κ3) is 2.39. The normalized spacial score (nSPS) is 28.4. The van der Waals surface area contributed by atoms with E-state index < -0.39 is 5.72 Å². The van der Waals surface area contributed by atoms with Gasteiger partial charge in [0.2, 0.25) is 11.8 Å². The zero-order valence-electron chi connectivity index (χ0n) is 15.2. The van der Waals surface area contributed by atoms with Gasteiger partial charge in [-0.3, -0.25) is 14.3 Å². The minimum Gasteiger partial charge on any atom is -0.353 e. The Labute approximate surface area is 147 Å². The molecule has 0 bridgehead atoms. The number of amides is 2. The summed E-state index contributed by atoms with van der Waals surface area (Å²) in [7, 11) is 1.93. The molecule has 4 rings (SSSR count). The smallest absolute Gasteiger partial charge is 0.227 e. The van der Waals surface area contributed by atoms with Crippen LogP contribution in [0.3, 0.4) is 0 Å². The summed E-state index contributed by atoms with van der Waals surface area (Å²) in [5, 5.41) is 4.42. The molecular formula is C18H26N4O3. The number of hydrogen-bond acceptors (Lipinski definition) is 4. The van der Waals surface area contributed by atoms with E-state index in [1.165, 1.54) is 0 Å². The molecule has 3 aliphatic rings. The van der Waals surface area contributed by atoms with Gasteiger partial charge in [-0.05, 0) is 32.3 Å². The first-order valence-corrected chi connectivity index (χ1v) is 9.17. The van der Waals surface area contributed by atoms with Gasteiger partial charge in [-0.1, -0.05) is 0 Å². The highest BCUT2D eigenvalue weighted by molar-refractivity contribution is 5.84. The van der Waals surface area contributed by atoms with Crippen molar-refractivity contribution in [3.8, 4) is 0 Å². The maximum atomic E-state index is 12.9. The standard InChI is InChI=1S/C18H26N4O3/c1-12-14(13(2)20(3)19-12)5-6-16(23)21-9-7-18-15(21)11-17(24)22(18)8-4-10-25-18/h15H,4-11H2,1-3H3/t15-,18+/m1/s1. The van der Waals surface area contributed by atoms with Crippen LogP contribution in [-0.4, -0.2) is 62.9 Å². The summed E-state index contributed by atoms with van der Waals surface area (Å²) in [4.78, 5) is 29.0. The predicted octanol–water partition coefficient (Wildman–Crippen LogP) is 0.919. The Morgan fingerprint density at radius 2 is 2.16 bits per heavy atom. The van der Waals surface area contributed by atoms with Gasteiger partial charge in [0, 0.05) is 38.7 Å². The van der Waals surface area contributed by atoms with Gasteiger partial charge in [0.15, 0.2) is 5.72 Å². The van der Waals surface area contributed by atoms with E-state index in [0.29, 0.717) is 32.4 Å². The zero-order valence-corrected chi connectivity index (χ0v) is 15.2. The van der Waals surface area contributed by atoms with Gasteiger partial charge in [0.1, 0.15) is 0 Å². The van der Waals surface area contributed by atoms with Crippen LogP contribution in [0.1, 0.15) is 42.6 Å². The SMILES string of the molecule is Cc1nn(C)c(C)c1CCC(=O)N1CC[C@@]23OCCCN2C(=O)C[C@@H]13. The molecule has 3 saturated heterocycles. The number of hydrogen-bond donors (Lipinski definition) is 0. The lowest BCUT2D eigenvalue weighted by atomic mass is 10.0. The third-order valence-electron chi connectivity index (χ3n) is 6.18. The molecule has 2 atom stereocenters. The molecule has 1 spiro atoms. The fourth-order valence-electron chi connectivity index (χ4n) is 4.80. The van der Waals surface area contributed by atoms with E-state index in [-0.39, 0.29) is 17.9 Å². The van der Waals surface area contributed by atoms with E-state index in [1.807, 2.05) is 35.4 Å². The fourth-order valence-corrected chi connectivity index (χ4v) is 4.80. The molecule has 0 radical (unpaired) electrons. The molecule has 1 aromatic heterocycles. The molecule has 0 unspecified atom stereocenters. The van der Waals surface area contributed by atoms with Gasteiger partial charge in [-0.2, -0.15) is 5.10 Å². The van der Waals surface area contributed by atoms with Gasteiger partial charge in [-0.25, -0.2) is 0 Å². The van der Waals surface area contributed by atoms with Crippen LogP contribution >= 0.6 is 0 Å². The van der Waals surface area contributed by atoms with E-state index in [1.54, 1.807) is 0 Å². The van der Waals surface area contributed by atoms with Crippen molar-refractivity contribution in [1.82, 2.24) is 19.6 Å². The van der Waals surface area contributed by atoms with E-state index in [2.05, 4.69) is 5.10 Å². The predicted molar refractivity (Wildman–Crippen MR) is 90.8 cm³/mol. The maximum absolute atomic E-state index is 12.9. The third-order valence-corrected chi connectivity index (χ3v) is 6.18. The molecular weight excluding hydrogens is 320 g/mol. The zero-order chi connectivity index (χ0) is 17.8. The van der Waals surface area contributed by atoms with Crippen LogP contribution < -0.4 is 0 Å². The Morgan fingerprint density at radius 3 is 2.88 bits per heavy atom. The number of aromatic nitrogens is 2. The summed E-state index contributed by atoms with van der Waals surface area (Å²) in [5.74, 6) is 0.245. The molecule has 3 aliphatic heterocycles. The van der Waals surface area contributed by atoms with Gasteiger partial charge in [-0.15, -0.1) is 0 Å². The van der Waals surface area contributed by atoms with Crippen LogP contribution in [0.15, 0.2) is 0 Å². The Hall–Kier alpha value is -1.89. The topological polar surface area (TPSA) is 67.7 Å². The molecule has 0 saturated carbocycles. The average molecular weight is 346 g/mol. The molecule has 25 heavy (non-hydrogen) atoms. The van der Waals surface area contributed by atoms with Crippen molar-refractivity contribution in [1.29, 1.82) is 0 Å². The summed E-state index contributed by atoms with van der Waals surface area (Å²) in [6.07, 6.45) is 3.16. The number of carbonyl (C=O) groups is 2. The van der Waals surface area contributed by atoms with Crippen LogP contribution in [0, 0.1) is 13.8 Å². The van der Waals surface area contributed by atoms with Crippen molar-refractivity contribution < 1.29 is 14.3 Å². The quantitative estimate of drug-likeness (QED) is 0.816. The first-order chi connectivity index (χ1) is 11.9. The van der Waals surface area contributed by atoms with E-state index >= 15 is 0 Å². The van der Waals surface area contributed by atoms with Crippen LogP contribution in [0.4, 0.5) is 0 Å². The van der Waals surface area contributed by atoms with Crippen LogP contribution in [0.2, 0.25) is 0 Å². The van der Waals surface area contributed by atoms with Gasteiger partial charge < -0.3 is 14.5 Å². The van der Waals surface area contributed by atoms with Crippen molar-refractivity contribution >= 4 is 11.8 Å². The van der Waals surface area contributed by atoms with Crippen LogP contribution in [0.25, 0.3) is 0 Å². The molecule has 0 N–H and O–H groups in total. The highest BCUT2D eigenvalue weighted by Gasteiger charge is 2.61. The maximum Gasteiger partial charge on any atom is 0.227 e. The molecule has 0 aromatic carbocycles. The first kappa shape index (κ1) is 16.6. The highest BCUT2D eigenvalue weighted by atomic mass is 16.5. The summed E-state index contributed by atoms with van der Waals surface area (Å²) in [5.41, 5.74) is 2.71. The summed E-state index contributed by atoms with van der Waals surface area (Å²) in [6.45, 7) is 6.13. The number of carbonyl (C=O) groups excluding carboxylic acids is 2. The van der Waals surface area contributed by atoms with Crippen molar-refractivity contribution in [2.45, 2.75) is 57.7 Å². The lowest BCUT2D eigenvalue weighted by Crippen LogP contribution is -2.56. The van der Waals surface area contributed by atoms with E-state index in [0.717, 1.165) is 36.3 Å². The van der Waals surface area contributed by atoms with Crippen molar-refractivity contribution in [3.63, 3.8) is 0 Å². The minimum atomic E-state index is -0.550. The largest absolute Gasteiger partial charge is 0.353 e. The Bertz CT molecular complexity index is 728. The molecule has 7 nitrogen and oxygen atoms in total. The molecule has 0 aliphatic carbocycles. The van der Waals surface area contributed by atoms with Crippen molar-refractivity contribution in [2.24, 2.45) is 7.05 Å². The van der Waals surface area contributed by atoms with Crippen molar-refractivity contribution in [3.05, 3.63) is 17.0 Å². The Morgan fingerprint density at radius 1 is 1.36 bits per heavy atom. The van der Waals surface area contributed by atoms with Gasteiger partial charge >= 0.3 is 0 Å². The molecule has 2 amide bonds. The van der Waals surface area contributed by atoms with E-state index in [4.69, 9.17) is 4.74 Å². The summed E-state index contributed by atoms with van der Waals surface area (Å²) < 4.78 is 7.93. The monoisotopic (exact) mass is 346 g/mol. The fraction of sp³-hybridized carbons (Fsp3) is 0.722. The van der Waals surface area contributed by atoms with Gasteiger partial charge in [0.25, 0.3) is 0 Å². The summed E-state index contributed by atoms with van der Waals surface area (Å²) in [6, 6.07) is -0.121. The van der Waals surface area contributed by atoms with Crippen molar-refractivity contribution in [2.75, 3.05) is 19.7 Å². The minimum absolute atomic E-state index is 0.119. The van der Waals surface area contributed by atoms with Crippen LogP contribution in [-0.2, 0) is 27.8 Å². The summed E-state index contributed by atoms with van der Waals surface area (Å²) >= 11 is 0. The molecule has 3 fully saturated rings. The number of rotatable bonds is 3. The number of likely N-dealkylation sites (tertiary alicyclic amines) is 1. The average Bonchev–Trinajstić information content (AvgIpc) is 3.15. The van der Waals surface area contributed by atoms with E-state index in [9.17, 15) is 9.59 Å². The molecule has 1 aromatic rings. The lowest BCUT2D eigenvalue weighted by molar-refractivity contribution is -0.181. The van der Waals surface area contributed by atoms with Gasteiger partial charge in [0.05, 0.1) is 24.8 Å². The highest BCUT2D eigenvalue weighted by Crippen LogP contribution is 2.45. The second-order valence-electron chi connectivity index (χ2n) is 7.42. The second-order valence-corrected chi connectivity index (χ2v) is 7.42. The number of aryl methyl sites for hydroxylation is 2. The Kier molecular flexibility index (Phi) is 3.86. The number of ether oxygens (including phenoxy) is 1. The first-order valence-electron chi connectivity index (χ1n) is 9.17. The second kappa shape index (κ2) is 5.83. The molecule has 136 valence electrons. The lowest BCUT2D eigenvalue weighted by Gasteiger charge is -2.42. The number of nitrogens with zero attached hydrogens (tertiary/aromatic N) is 4. The van der Waals surface area contributed by atoms with Crippen LogP contribution in [0.5, 0.6) is 0 Å². The molecule has 7 heteroatoms. The Balaban J connectivity index is 1.47.